The highest BCUT2D eigenvalue weighted by molar-refractivity contribution is 7.24. The highest BCUT2D eigenvalue weighted by atomic mass is 32.1. The summed E-state index contributed by atoms with van der Waals surface area (Å²) in [4.78, 5) is 7.42. The van der Waals surface area contributed by atoms with Crippen molar-refractivity contribution in [1.29, 1.82) is 0 Å². The third kappa shape index (κ3) is 6.34. The van der Waals surface area contributed by atoms with Crippen molar-refractivity contribution in [2.75, 3.05) is 4.90 Å². The molecule has 3 aromatic heterocycles. The second-order valence-corrected chi connectivity index (χ2v) is 14.5. The molecule has 0 atom stereocenters. The topological polar surface area (TPSA) is 7.12 Å². The highest BCUT2D eigenvalue weighted by Crippen LogP contribution is 2.40. The Hall–Kier alpha value is -5.07. The Morgan fingerprint density at radius 2 is 1.04 bits per heavy atom. The molecule has 8 aromatic rings. The summed E-state index contributed by atoms with van der Waals surface area (Å²) in [6, 6.07) is 58.4. The van der Waals surface area contributed by atoms with E-state index in [1.807, 2.05) is 34.0 Å². The summed E-state index contributed by atoms with van der Waals surface area (Å²) in [7, 11) is 0. The second kappa shape index (κ2) is 13.3. The number of anilines is 3. The zero-order valence-electron chi connectivity index (χ0n) is 25.6. The van der Waals surface area contributed by atoms with Crippen molar-refractivity contribution in [1.82, 2.24) is 0 Å². The number of aromatic nitrogens is 1. The molecule has 0 N–H and O–H groups in total. The molecule has 0 aliphatic heterocycles. The van der Waals surface area contributed by atoms with Crippen LogP contribution in [0, 0.1) is 0 Å². The molecule has 5 aromatic carbocycles. The van der Waals surface area contributed by atoms with Gasteiger partial charge in [-0.25, -0.2) is 0 Å². The van der Waals surface area contributed by atoms with Gasteiger partial charge in [0.2, 0.25) is 5.52 Å². The Morgan fingerprint density at radius 1 is 0.468 bits per heavy atom. The predicted octanol–water partition coefficient (Wildman–Crippen LogP) is 12.3. The van der Waals surface area contributed by atoms with Crippen molar-refractivity contribution in [3.05, 3.63) is 179 Å². The first-order valence-electron chi connectivity index (χ1n) is 15.6. The van der Waals surface area contributed by atoms with Crippen molar-refractivity contribution in [2.45, 2.75) is 6.54 Å². The molecule has 0 aliphatic carbocycles. The van der Waals surface area contributed by atoms with Crippen molar-refractivity contribution in [3.8, 4) is 20.2 Å². The normalized spacial score (nSPS) is 11.4. The monoisotopic (exact) mass is 659 g/mol. The van der Waals surface area contributed by atoms with Gasteiger partial charge in [0.05, 0.1) is 0 Å². The van der Waals surface area contributed by atoms with E-state index in [1.165, 1.54) is 45.9 Å². The molecule has 226 valence electrons. The third-order valence-corrected chi connectivity index (χ3v) is 11.6. The summed E-state index contributed by atoms with van der Waals surface area (Å²) < 4.78 is 3.73. The number of hydrogen-bond donors (Lipinski definition) is 0. The van der Waals surface area contributed by atoms with Crippen LogP contribution < -0.4 is 9.47 Å². The first-order valence-corrected chi connectivity index (χ1v) is 18.1. The van der Waals surface area contributed by atoms with Crippen molar-refractivity contribution < 1.29 is 4.57 Å². The quantitative estimate of drug-likeness (QED) is 0.140. The minimum Gasteiger partial charge on any atom is -0.311 e. The summed E-state index contributed by atoms with van der Waals surface area (Å²) in [6.07, 6.45) is 4.54. The molecule has 0 spiro atoms. The maximum atomic E-state index is 2.43. The van der Waals surface area contributed by atoms with Gasteiger partial charge in [0, 0.05) is 54.3 Å². The lowest BCUT2D eigenvalue weighted by molar-refractivity contribution is -0.659. The van der Waals surface area contributed by atoms with Gasteiger partial charge < -0.3 is 4.90 Å². The SMILES string of the molecule is C(=C\c1sc2ccccc2[n+]1Cc1ccccc1)/c1ccc(-c2ccc(-c3ccc(N(c4ccccc4)c4ccccc4)cc3)s2)s1. The average molecular weight is 660 g/mol. The molecule has 5 heteroatoms. The standard InChI is InChI=1S/C42H31N2S3/c1-4-12-31(13-5-1)30-43-37-18-10-11-19-39(37)47-42(43)29-25-36-24-26-40(45-36)41-28-27-38(46-41)32-20-22-35(23-21-32)44(33-14-6-2-7-15-33)34-16-8-3-9-17-34/h1-29H,30H2/q+1. The smallest absolute Gasteiger partial charge is 0.263 e. The van der Waals surface area contributed by atoms with E-state index >= 15 is 0 Å². The Kier molecular flexibility index (Phi) is 8.33. The fraction of sp³-hybridized carbons (Fsp3) is 0.0238. The molecule has 0 aliphatic rings. The zero-order valence-corrected chi connectivity index (χ0v) is 28.0. The van der Waals surface area contributed by atoms with E-state index in [2.05, 4.69) is 185 Å². The fourth-order valence-electron chi connectivity index (χ4n) is 5.84. The lowest BCUT2D eigenvalue weighted by atomic mass is 10.1. The van der Waals surface area contributed by atoms with Crippen molar-refractivity contribution in [2.24, 2.45) is 0 Å². The lowest BCUT2D eigenvalue weighted by Gasteiger charge is -2.25. The largest absolute Gasteiger partial charge is 0.311 e. The molecule has 47 heavy (non-hydrogen) atoms. The summed E-state index contributed by atoms with van der Waals surface area (Å²) in [5, 5.41) is 1.25. The molecule has 0 radical (unpaired) electrons. The van der Waals surface area contributed by atoms with Gasteiger partial charge in [-0.05, 0) is 78.4 Å². The van der Waals surface area contributed by atoms with Crippen LogP contribution in [0.5, 0.6) is 0 Å². The molecule has 8 rings (SSSR count). The first-order chi connectivity index (χ1) is 23.3. The van der Waals surface area contributed by atoms with Gasteiger partial charge in [-0.3, -0.25) is 0 Å². The molecule has 3 heterocycles. The molecule has 0 bridgehead atoms. The van der Waals surface area contributed by atoms with Crippen LogP contribution in [0.2, 0.25) is 0 Å². The Morgan fingerprint density at radius 3 is 1.77 bits per heavy atom. The van der Waals surface area contributed by atoms with Gasteiger partial charge in [-0.1, -0.05) is 102 Å². The minimum absolute atomic E-state index is 0.857. The Bertz CT molecular complexity index is 2220. The number of para-hydroxylation sites is 3. The molecule has 0 unspecified atom stereocenters. The van der Waals surface area contributed by atoms with Gasteiger partial charge >= 0.3 is 0 Å². The molecule has 2 nitrogen and oxygen atoms in total. The van der Waals surface area contributed by atoms with Gasteiger partial charge in [0.15, 0.2) is 6.54 Å². The number of fused-ring (bicyclic) bond motifs is 1. The van der Waals surface area contributed by atoms with Crippen LogP contribution in [0.3, 0.4) is 0 Å². The summed E-state index contributed by atoms with van der Waals surface area (Å²) in [6.45, 7) is 0.857. The lowest BCUT2D eigenvalue weighted by Crippen LogP contribution is -2.35. The Balaban J connectivity index is 1.02. The Labute approximate surface area is 287 Å². The van der Waals surface area contributed by atoms with E-state index in [9.17, 15) is 0 Å². The number of benzene rings is 5. The van der Waals surface area contributed by atoms with Crippen LogP contribution in [0.1, 0.15) is 15.4 Å². The molecular formula is C42H31N2S3+. The van der Waals surface area contributed by atoms with Gasteiger partial charge in [0.25, 0.3) is 5.01 Å². The van der Waals surface area contributed by atoms with Crippen LogP contribution in [-0.2, 0) is 6.54 Å². The molecule has 0 amide bonds. The highest BCUT2D eigenvalue weighted by Gasteiger charge is 2.19. The van der Waals surface area contributed by atoms with Gasteiger partial charge in [-0.2, -0.15) is 4.57 Å². The fourth-order valence-corrected chi connectivity index (χ4v) is 8.91. The molecule has 0 fully saturated rings. The summed E-state index contributed by atoms with van der Waals surface area (Å²) >= 11 is 5.54. The molecule has 0 saturated carbocycles. The third-order valence-electron chi connectivity index (χ3n) is 8.12. The average Bonchev–Trinajstić information content (AvgIpc) is 3.89. The number of rotatable bonds is 9. The van der Waals surface area contributed by atoms with Crippen LogP contribution in [0.4, 0.5) is 17.1 Å². The number of thiophene rings is 2. The van der Waals surface area contributed by atoms with Crippen molar-refractivity contribution >= 4 is 73.4 Å². The summed E-state index contributed by atoms with van der Waals surface area (Å²) in [5.74, 6) is 0. The second-order valence-electron chi connectivity index (χ2n) is 11.2. The van der Waals surface area contributed by atoms with E-state index in [1.54, 1.807) is 0 Å². The summed E-state index contributed by atoms with van der Waals surface area (Å²) in [5.41, 5.74) is 7.25. The minimum atomic E-state index is 0.857. The molecule has 0 saturated heterocycles. The maximum absolute atomic E-state index is 2.43. The number of nitrogens with zero attached hydrogens (tertiary/aromatic N) is 2. The maximum Gasteiger partial charge on any atom is 0.263 e. The van der Waals surface area contributed by atoms with Gasteiger partial charge in [0.1, 0.15) is 4.70 Å². The zero-order chi connectivity index (χ0) is 31.4. The van der Waals surface area contributed by atoms with Gasteiger partial charge in [-0.15, -0.1) is 22.7 Å². The van der Waals surface area contributed by atoms with E-state index in [-0.39, 0.29) is 0 Å². The number of hydrogen-bond acceptors (Lipinski definition) is 4. The van der Waals surface area contributed by atoms with E-state index in [4.69, 9.17) is 0 Å². The van der Waals surface area contributed by atoms with Crippen molar-refractivity contribution in [3.63, 3.8) is 0 Å². The van der Waals surface area contributed by atoms with Crippen LogP contribution in [0.15, 0.2) is 164 Å². The predicted molar refractivity (Wildman–Crippen MR) is 204 cm³/mol. The molecular weight excluding hydrogens is 629 g/mol. The van der Waals surface area contributed by atoms with Crippen LogP contribution in [-0.4, -0.2) is 0 Å². The van der Waals surface area contributed by atoms with E-state index in [0.29, 0.717) is 0 Å². The first kappa shape index (κ1) is 29.3. The van der Waals surface area contributed by atoms with Crippen LogP contribution in [0.25, 0.3) is 42.6 Å². The van der Waals surface area contributed by atoms with Crippen LogP contribution >= 0.6 is 34.0 Å². The van der Waals surface area contributed by atoms with E-state index in [0.717, 1.165) is 23.6 Å². The van der Waals surface area contributed by atoms with E-state index < -0.39 is 0 Å². The number of thiazole rings is 1.